The van der Waals surface area contributed by atoms with E-state index in [4.69, 9.17) is 10.2 Å². The van der Waals surface area contributed by atoms with Gasteiger partial charge in [0.25, 0.3) is 5.69 Å². The summed E-state index contributed by atoms with van der Waals surface area (Å²) in [6.45, 7) is 1.28. The number of primary sulfonamides is 1. The number of nitro groups is 1. The summed E-state index contributed by atoms with van der Waals surface area (Å²) in [5, 5.41) is 28.0. The molecule has 2 rings (SSSR count). The second-order valence-electron chi connectivity index (χ2n) is 5.57. The molecule has 1 aromatic carbocycles. The summed E-state index contributed by atoms with van der Waals surface area (Å²) < 4.78 is 22.6. The molecule has 1 amide bonds. The predicted molar refractivity (Wildman–Crippen MR) is 85.3 cm³/mol. The van der Waals surface area contributed by atoms with Gasteiger partial charge in [0, 0.05) is 25.7 Å². The van der Waals surface area contributed by atoms with Gasteiger partial charge in [-0.1, -0.05) is 0 Å². The van der Waals surface area contributed by atoms with E-state index in [0.717, 1.165) is 6.07 Å². The van der Waals surface area contributed by atoms with Gasteiger partial charge in [-0.3, -0.25) is 10.1 Å². The molecule has 0 saturated carbocycles. The molecule has 0 bridgehead atoms. The Balaban J connectivity index is 2.05. The smallest absolute Gasteiger partial charge is 0.407 e. The van der Waals surface area contributed by atoms with Crippen molar-refractivity contribution in [3.05, 3.63) is 28.3 Å². The van der Waals surface area contributed by atoms with Crippen LogP contribution in [-0.2, 0) is 10.0 Å². The maximum Gasteiger partial charge on any atom is 0.407 e. The molecule has 0 aliphatic carbocycles. The van der Waals surface area contributed by atoms with Gasteiger partial charge in [0.05, 0.1) is 9.82 Å². The molecule has 10 nitrogen and oxygen atoms in total. The Morgan fingerprint density at radius 3 is 2.54 bits per heavy atom. The highest BCUT2D eigenvalue weighted by Gasteiger charge is 2.24. The number of nitro benzene ring substituents is 1. The number of piperidine rings is 1. The largest absolute Gasteiger partial charge is 0.465 e. The summed E-state index contributed by atoms with van der Waals surface area (Å²) in [4.78, 5) is 22.3. The quantitative estimate of drug-likeness (QED) is 0.524. The molecule has 1 aromatic rings. The van der Waals surface area contributed by atoms with Crippen molar-refractivity contribution in [3.63, 3.8) is 0 Å². The molecule has 0 aromatic heterocycles. The van der Waals surface area contributed by atoms with Gasteiger partial charge in [-0.05, 0) is 30.9 Å². The van der Waals surface area contributed by atoms with E-state index in [9.17, 15) is 23.3 Å². The summed E-state index contributed by atoms with van der Waals surface area (Å²) >= 11 is 0. The first-order valence-electron chi connectivity index (χ1n) is 7.21. The fourth-order valence-electron chi connectivity index (χ4n) is 2.57. The first-order valence-corrected chi connectivity index (χ1v) is 8.76. The molecule has 4 N–H and O–H groups in total. The first kappa shape index (κ1) is 17.9. The van der Waals surface area contributed by atoms with Gasteiger partial charge in [0.2, 0.25) is 10.0 Å². The molecule has 1 aliphatic rings. The van der Waals surface area contributed by atoms with Crippen molar-refractivity contribution in [2.75, 3.05) is 25.0 Å². The van der Waals surface area contributed by atoms with Gasteiger partial charge in [-0.2, -0.15) is 0 Å². The number of nitrogens with two attached hydrogens (primary N) is 1. The number of anilines is 1. The Morgan fingerprint density at radius 1 is 1.42 bits per heavy atom. The summed E-state index contributed by atoms with van der Waals surface area (Å²) in [6.07, 6.45) is 0.362. The predicted octanol–water partition coefficient (Wildman–Crippen LogP) is 1.04. The van der Waals surface area contributed by atoms with Crippen LogP contribution in [0.25, 0.3) is 0 Å². The van der Waals surface area contributed by atoms with E-state index in [2.05, 4.69) is 5.32 Å². The van der Waals surface area contributed by atoms with Crippen LogP contribution in [0.2, 0.25) is 0 Å². The normalized spacial score (nSPS) is 16.0. The lowest BCUT2D eigenvalue weighted by molar-refractivity contribution is -0.384. The van der Waals surface area contributed by atoms with Crippen molar-refractivity contribution in [2.24, 2.45) is 11.1 Å². The standard InChI is InChI=1S/C13H18N4O6S/c14-24(22,23)10-1-2-11(12(7-10)17(20)21)15-8-9-3-5-16(6-4-9)13(18)19/h1-2,7,9,15H,3-6,8H2,(H,18,19)(H2,14,22,23). The van der Waals surface area contributed by atoms with Gasteiger partial charge in [0.1, 0.15) is 5.69 Å². The average Bonchev–Trinajstić information content (AvgIpc) is 2.52. The summed E-state index contributed by atoms with van der Waals surface area (Å²) in [7, 11) is -4.02. The number of sulfonamides is 1. The van der Waals surface area contributed by atoms with E-state index in [1.54, 1.807) is 0 Å². The van der Waals surface area contributed by atoms with Crippen LogP contribution in [0.3, 0.4) is 0 Å². The number of amides is 1. The van der Waals surface area contributed by atoms with E-state index in [1.807, 2.05) is 0 Å². The van der Waals surface area contributed by atoms with E-state index < -0.39 is 21.0 Å². The third-order valence-corrected chi connectivity index (χ3v) is 4.87. The molecule has 1 saturated heterocycles. The molecule has 132 valence electrons. The van der Waals surface area contributed by atoms with Crippen LogP contribution in [0.5, 0.6) is 0 Å². The van der Waals surface area contributed by atoms with E-state index in [-0.39, 0.29) is 22.2 Å². The Labute approximate surface area is 138 Å². The highest BCUT2D eigenvalue weighted by molar-refractivity contribution is 7.89. The number of carbonyl (C=O) groups is 1. The zero-order chi connectivity index (χ0) is 17.9. The Morgan fingerprint density at radius 2 is 2.04 bits per heavy atom. The lowest BCUT2D eigenvalue weighted by Crippen LogP contribution is -2.39. The number of carboxylic acid groups (broad SMARTS) is 1. The molecular formula is C13H18N4O6S. The molecule has 0 unspecified atom stereocenters. The van der Waals surface area contributed by atoms with Crippen LogP contribution >= 0.6 is 0 Å². The van der Waals surface area contributed by atoms with Crippen LogP contribution in [0, 0.1) is 16.0 Å². The lowest BCUT2D eigenvalue weighted by Gasteiger charge is -2.30. The summed E-state index contributed by atoms with van der Waals surface area (Å²) in [5.74, 6) is 0.179. The zero-order valence-corrected chi connectivity index (χ0v) is 13.5. The Hall–Kier alpha value is -2.40. The molecule has 1 heterocycles. The molecule has 1 fully saturated rings. The summed E-state index contributed by atoms with van der Waals surface area (Å²) in [6, 6.07) is 3.44. The Bertz CT molecular complexity index is 743. The van der Waals surface area contributed by atoms with E-state index in [1.165, 1.54) is 17.0 Å². The second-order valence-corrected chi connectivity index (χ2v) is 7.14. The topological polar surface area (TPSA) is 156 Å². The lowest BCUT2D eigenvalue weighted by atomic mass is 9.97. The minimum absolute atomic E-state index is 0.179. The first-order chi connectivity index (χ1) is 11.2. The SMILES string of the molecule is NS(=O)(=O)c1ccc(NCC2CCN(C(=O)O)CC2)c([N+](=O)[O-])c1. The number of hydrogen-bond donors (Lipinski definition) is 3. The zero-order valence-electron chi connectivity index (χ0n) is 12.7. The van der Waals surface area contributed by atoms with Crippen LogP contribution in [0.15, 0.2) is 23.1 Å². The van der Waals surface area contributed by atoms with Gasteiger partial charge >= 0.3 is 6.09 Å². The van der Waals surface area contributed by atoms with E-state index in [0.29, 0.717) is 32.5 Å². The summed E-state index contributed by atoms with van der Waals surface area (Å²) in [5.41, 5.74) is -0.169. The van der Waals surface area contributed by atoms with Crippen molar-refractivity contribution in [2.45, 2.75) is 17.7 Å². The van der Waals surface area contributed by atoms with Gasteiger partial charge in [-0.25, -0.2) is 18.4 Å². The maximum atomic E-state index is 11.3. The fourth-order valence-corrected chi connectivity index (χ4v) is 3.11. The van der Waals surface area contributed by atoms with E-state index >= 15 is 0 Å². The van der Waals surface area contributed by atoms with Crippen molar-refractivity contribution in [1.29, 1.82) is 0 Å². The minimum Gasteiger partial charge on any atom is -0.465 e. The van der Waals surface area contributed by atoms with Crippen LogP contribution in [0.1, 0.15) is 12.8 Å². The van der Waals surface area contributed by atoms with Crippen LogP contribution in [0.4, 0.5) is 16.2 Å². The molecule has 0 radical (unpaired) electrons. The molecule has 24 heavy (non-hydrogen) atoms. The third kappa shape index (κ3) is 4.32. The minimum atomic E-state index is -4.02. The highest BCUT2D eigenvalue weighted by atomic mass is 32.2. The van der Waals surface area contributed by atoms with Gasteiger partial charge in [0.15, 0.2) is 0 Å². The number of hydrogen-bond acceptors (Lipinski definition) is 6. The molecule has 0 atom stereocenters. The molecule has 1 aliphatic heterocycles. The fraction of sp³-hybridized carbons (Fsp3) is 0.462. The number of rotatable bonds is 5. The molecule has 11 heteroatoms. The van der Waals surface area contributed by atoms with Crippen LogP contribution < -0.4 is 10.5 Å². The third-order valence-electron chi connectivity index (χ3n) is 3.96. The maximum absolute atomic E-state index is 11.3. The number of benzene rings is 1. The second kappa shape index (κ2) is 7.01. The molecule has 0 spiro atoms. The van der Waals surface area contributed by atoms with Crippen molar-refractivity contribution < 1.29 is 23.2 Å². The average molecular weight is 358 g/mol. The van der Waals surface area contributed by atoms with Gasteiger partial charge in [-0.15, -0.1) is 0 Å². The number of likely N-dealkylation sites (tertiary alicyclic amines) is 1. The van der Waals surface area contributed by atoms with Gasteiger partial charge < -0.3 is 15.3 Å². The molecular weight excluding hydrogens is 340 g/mol. The van der Waals surface area contributed by atoms with Crippen molar-refractivity contribution in [1.82, 2.24) is 4.90 Å². The number of nitrogens with one attached hydrogen (secondary N) is 1. The van der Waals surface area contributed by atoms with Crippen molar-refractivity contribution >= 4 is 27.5 Å². The van der Waals surface area contributed by atoms with Crippen LogP contribution in [-0.4, -0.2) is 49.1 Å². The highest BCUT2D eigenvalue weighted by Crippen LogP contribution is 2.28. The monoisotopic (exact) mass is 358 g/mol. The van der Waals surface area contributed by atoms with Crippen molar-refractivity contribution in [3.8, 4) is 0 Å². The Kier molecular flexibility index (Phi) is 5.24. The number of nitrogens with zero attached hydrogens (tertiary/aromatic N) is 2.